The van der Waals surface area contributed by atoms with Crippen molar-refractivity contribution in [2.24, 2.45) is 0 Å². The molecule has 0 atom stereocenters. The Balaban J connectivity index is 1.50. The van der Waals surface area contributed by atoms with Crippen LogP contribution in [0.2, 0.25) is 0 Å². The lowest BCUT2D eigenvalue weighted by atomic mass is 10.0. The molecular weight excluding hydrogens is 376 g/mol. The number of amides is 1. The fourth-order valence-electron chi connectivity index (χ4n) is 3.45. The molecule has 30 heavy (non-hydrogen) atoms. The van der Waals surface area contributed by atoms with Crippen LogP contribution in [0.3, 0.4) is 0 Å². The Kier molecular flexibility index (Phi) is 4.37. The van der Waals surface area contributed by atoms with Crippen LogP contribution in [0, 0.1) is 6.92 Å². The minimum absolute atomic E-state index is 0.156. The van der Waals surface area contributed by atoms with E-state index in [-0.39, 0.29) is 5.91 Å². The first-order chi connectivity index (χ1) is 14.7. The number of pyridine rings is 1. The minimum atomic E-state index is -0.156. The molecule has 6 heteroatoms. The fraction of sp³-hybridized carbons (Fsp3) is 0.0417. The first-order valence-corrected chi connectivity index (χ1v) is 9.56. The summed E-state index contributed by atoms with van der Waals surface area (Å²) in [4.78, 5) is 17.2. The Labute approximate surface area is 172 Å². The van der Waals surface area contributed by atoms with Crippen LogP contribution in [-0.4, -0.2) is 20.4 Å². The van der Waals surface area contributed by atoms with E-state index in [0.717, 1.165) is 28.2 Å². The second kappa shape index (κ2) is 7.33. The van der Waals surface area contributed by atoms with Gasteiger partial charge < -0.3 is 14.2 Å². The summed E-state index contributed by atoms with van der Waals surface area (Å²) >= 11 is 0. The molecule has 2 aromatic carbocycles. The molecule has 0 saturated carbocycles. The number of aryl methyl sites for hydroxylation is 1. The van der Waals surface area contributed by atoms with Crippen molar-refractivity contribution < 1.29 is 9.32 Å². The van der Waals surface area contributed by atoms with Crippen LogP contribution < -0.4 is 5.32 Å². The van der Waals surface area contributed by atoms with Gasteiger partial charge in [-0.25, -0.2) is 4.98 Å². The second-order valence-corrected chi connectivity index (χ2v) is 6.96. The molecule has 1 N–H and O–H groups in total. The SMILES string of the molecule is Cc1onc(-c2ccccc2)c1-c1cn2cc(NC(=O)c3ccccc3)ccc2n1. The zero-order valence-electron chi connectivity index (χ0n) is 16.2. The van der Waals surface area contributed by atoms with E-state index in [1.165, 1.54) is 0 Å². The van der Waals surface area contributed by atoms with Gasteiger partial charge in [0, 0.05) is 23.5 Å². The topological polar surface area (TPSA) is 72.4 Å². The van der Waals surface area contributed by atoms with Crippen molar-refractivity contribution in [1.82, 2.24) is 14.5 Å². The Hall–Kier alpha value is -4.19. The van der Waals surface area contributed by atoms with E-state index < -0.39 is 0 Å². The van der Waals surface area contributed by atoms with E-state index in [2.05, 4.69) is 10.5 Å². The van der Waals surface area contributed by atoms with Gasteiger partial charge in [-0.15, -0.1) is 0 Å². The third kappa shape index (κ3) is 3.24. The lowest BCUT2D eigenvalue weighted by molar-refractivity contribution is 0.102. The number of rotatable bonds is 4. The number of imidazole rings is 1. The predicted octanol–water partition coefficient (Wildman–Crippen LogP) is 5.22. The van der Waals surface area contributed by atoms with Gasteiger partial charge in [-0.1, -0.05) is 53.7 Å². The normalized spacial score (nSPS) is 11.0. The van der Waals surface area contributed by atoms with E-state index in [0.29, 0.717) is 17.0 Å². The second-order valence-electron chi connectivity index (χ2n) is 6.96. The molecule has 1 amide bonds. The van der Waals surface area contributed by atoms with Crippen molar-refractivity contribution in [1.29, 1.82) is 0 Å². The van der Waals surface area contributed by atoms with Crippen LogP contribution in [0.15, 0.2) is 89.7 Å². The molecule has 0 radical (unpaired) electrons. The Bertz CT molecular complexity index is 1340. The molecule has 0 bridgehead atoms. The molecule has 0 aliphatic carbocycles. The highest BCUT2D eigenvalue weighted by Crippen LogP contribution is 2.33. The molecule has 0 spiro atoms. The first-order valence-electron chi connectivity index (χ1n) is 9.56. The van der Waals surface area contributed by atoms with Crippen molar-refractivity contribution in [2.75, 3.05) is 5.32 Å². The number of nitrogens with zero attached hydrogens (tertiary/aromatic N) is 3. The number of aromatic nitrogens is 3. The van der Waals surface area contributed by atoms with Crippen molar-refractivity contribution in [3.63, 3.8) is 0 Å². The molecule has 0 saturated heterocycles. The molecule has 5 aromatic rings. The zero-order valence-corrected chi connectivity index (χ0v) is 16.2. The summed E-state index contributed by atoms with van der Waals surface area (Å²) in [6.45, 7) is 1.88. The highest BCUT2D eigenvalue weighted by Gasteiger charge is 2.19. The van der Waals surface area contributed by atoms with Gasteiger partial charge in [-0.05, 0) is 31.2 Å². The number of carbonyl (C=O) groups is 1. The maximum atomic E-state index is 12.4. The number of fused-ring (bicyclic) bond motifs is 1. The Morgan fingerprint density at radius 2 is 1.67 bits per heavy atom. The summed E-state index contributed by atoms with van der Waals surface area (Å²) in [5, 5.41) is 7.17. The molecule has 146 valence electrons. The van der Waals surface area contributed by atoms with Crippen molar-refractivity contribution in [3.05, 3.63) is 96.5 Å². The van der Waals surface area contributed by atoms with Crippen LogP contribution in [0.25, 0.3) is 28.2 Å². The van der Waals surface area contributed by atoms with Crippen molar-refractivity contribution >= 4 is 17.2 Å². The standard InChI is InChI=1S/C24H18N4O2/c1-16-22(23(27-30-16)17-8-4-2-5-9-17)20-15-28-14-19(12-13-21(28)26-20)25-24(29)18-10-6-3-7-11-18/h2-15H,1H3,(H,25,29). The monoisotopic (exact) mass is 394 g/mol. The Morgan fingerprint density at radius 3 is 2.43 bits per heavy atom. The number of hydrogen-bond acceptors (Lipinski definition) is 4. The molecule has 3 aromatic heterocycles. The van der Waals surface area contributed by atoms with E-state index >= 15 is 0 Å². The van der Waals surface area contributed by atoms with Gasteiger partial charge in [-0.3, -0.25) is 4.79 Å². The predicted molar refractivity (Wildman–Crippen MR) is 115 cm³/mol. The van der Waals surface area contributed by atoms with Crippen LogP contribution in [0.5, 0.6) is 0 Å². The van der Waals surface area contributed by atoms with Gasteiger partial charge >= 0.3 is 0 Å². The molecule has 0 aliphatic heterocycles. The van der Waals surface area contributed by atoms with E-state index in [1.807, 2.05) is 84.4 Å². The van der Waals surface area contributed by atoms with Crippen LogP contribution >= 0.6 is 0 Å². The maximum absolute atomic E-state index is 12.4. The molecule has 3 heterocycles. The fourth-order valence-corrected chi connectivity index (χ4v) is 3.45. The number of carbonyl (C=O) groups excluding carboxylic acids is 1. The Morgan fingerprint density at radius 1 is 0.933 bits per heavy atom. The highest BCUT2D eigenvalue weighted by atomic mass is 16.5. The number of nitrogens with one attached hydrogen (secondary N) is 1. The maximum Gasteiger partial charge on any atom is 0.255 e. The summed E-state index contributed by atoms with van der Waals surface area (Å²) in [7, 11) is 0. The van der Waals surface area contributed by atoms with E-state index in [4.69, 9.17) is 9.51 Å². The quantitative estimate of drug-likeness (QED) is 0.454. The largest absolute Gasteiger partial charge is 0.360 e. The van der Waals surface area contributed by atoms with E-state index in [9.17, 15) is 4.79 Å². The van der Waals surface area contributed by atoms with Gasteiger partial charge in [0.05, 0.1) is 16.9 Å². The smallest absolute Gasteiger partial charge is 0.255 e. The van der Waals surface area contributed by atoms with Crippen molar-refractivity contribution in [3.8, 4) is 22.5 Å². The number of hydrogen-bond donors (Lipinski definition) is 1. The number of benzene rings is 2. The first kappa shape index (κ1) is 17.9. The minimum Gasteiger partial charge on any atom is -0.360 e. The lowest BCUT2D eigenvalue weighted by Crippen LogP contribution is -2.11. The molecule has 0 fully saturated rings. The third-order valence-corrected chi connectivity index (χ3v) is 4.91. The molecule has 6 nitrogen and oxygen atoms in total. The zero-order chi connectivity index (χ0) is 20.5. The van der Waals surface area contributed by atoms with Gasteiger partial charge in [0.25, 0.3) is 5.91 Å². The van der Waals surface area contributed by atoms with Crippen LogP contribution in [-0.2, 0) is 0 Å². The lowest BCUT2D eigenvalue weighted by Gasteiger charge is -2.05. The van der Waals surface area contributed by atoms with Gasteiger partial charge in [0.1, 0.15) is 17.1 Å². The highest BCUT2D eigenvalue weighted by molar-refractivity contribution is 6.04. The molecular formula is C24H18N4O2. The third-order valence-electron chi connectivity index (χ3n) is 4.91. The summed E-state index contributed by atoms with van der Waals surface area (Å²) in [5.41, 5.74) is 5.41. The molecule has 0 aliphatic rings. The van der Waals surface area contributed by atoms with Gasteiger partial charge in [0.2, 0.25) is 0 Å². The molecule has 0 unspecified atom stereocenters. The summed E-state index contributed by atoms with van der Waals surface area (Å²) < 4.78 is 7.36. The van der Waals surface area contributed by atoms with E-state index in [1.54, 1.807) is 12.1 Å². The van der Waals surface area contributed by atoms with Gasteiger partial charge in [0.15, 0.2) is 0 Å². The number of anilines is 1. The average Bonchev–Trinajstić information content (AvgIpc) is 3.37. The summed E-state index contributed by atoms with van der Waals surface area (Å²) in [6.07, 6.45) is 3.76. The van der Waals surface area contributed by atoms with Crippen LogP contribution in [0.1, 0.15) is 16.1 Å². The van der Waals surface area contributed by atoms with Crippen molar-refractivity contribution in [2.45, 2.75) is 6.92 Å². The molecule has 5 rings (SSSR count). The van der Waals surface area contributed by atoms with Crippen LogP contribution in [0.4, 0.5) is 5.69 Å². The summed E-state index contributed by atoms with van der Waals surface area (Å²) in [5.74, 6) is 0.548. The average molecular weight is 394 g/mol. The summed E-state index contributed by atoms with van der Waals surface area (Å²) in [6, 6.07) is 22.7. The van der Waals surface area contributed by atoms with Gasteiger partial charge in [-0.2, -0.15) is 0 Å².